The summed E-state index contributed by atoms with van der Waals surface area (Å²) in [5, 5.41) is 4.67. The van der Waals surface area contributed by atoms with E-state index in [-0.39, 0.29) is 0 Å². The summed E-state index contributed by atoms with van der Waals surface area (Å²) in [6.45, 7) is 0. The zero-order valence-electron chi connectivity index (χ0n) is 30.3. The van der Waals surface area contributed by atoms with Crippen molar-refractivity contribution in [2.24, 2.45) is 0 Å². The number of benzene rings is 8. The third kappa shape index (κ3) is 5.13. The van der Waals surface area contributed by atoms with Gasteiger partial charge in [-0.2, -0.15) is 9.97 Å². The highest BCUT2D eigenvalue weighted by atomic mass is 15.2. The molecule has 0 unspecified atom stereocenters. The molecular weight excluding hydrogens is 683 g/mol. The van der Waals surface area contributed by atoms with Crippen LogP contribution in [0.15, 0.2) is 200 Å². The van der Waals surface area contributed by atoms with E-state index in [0.717, 1.165) is 60.8 Å². The summed E-state index contributed by atoms with van der Waals surface area (Å²) in [6, 6.07) is 70.4. The average molecular weight is 716 g/mol. The predicted molar refractivity (Wildman–Crippen MR) is 230 cm³/mol. The Labute approximate surface area is 323 Å². The summed E-state index contributed by atoms with van der Waals surface area (Å²) in [7, 11) is 0. The van der Waals surface area contributed by atoms with Crippen LogP contribution in [0.2, 0.25) is 0 Å². The summed E-state index contributed by atoms with van der Waals surface area (Å²) < 4.78 is 4.68. The minimum absolute atomic E-state index is 0.564. The largest absolute Gasteiger partial charge is 0.309 e. The molecule has 8 aromatic carbocycles. The lowest BCUT2D eigenvalue weighted by Crippen LogP contribution is -2.06. The molecule has 3 heterocycles. The van der Waals surface area contributed by atoms with Gasteiger partial charge in [0.15, 0.2) is 11.6 Å². The number of nitrogens with zero attached hydrogens (tertiary/aromatic N) is 5. The summed E-state index contributed by atoms with van der Waals surface area (Å²) >= 11 is 0. The summed E-state index contributed by atoms with van der Waals surface area (Å²) in [6.07, 6.45) is 0. The van der Waals surface area contributed by atoms with Gasteiger partial charge >= 0.3 is 0 Å². The lowest BCUT2D eigenvalue weighted by atomic mass is 9.94. The number of para-hydroxylation sites is 3. The van der Waals surface area contributed by atoms with Gasteiger partial charge in [-0.3, -0.25) is 4.57 Å². The molecule has 0 amide bonds. The van der Waals surface area contributed by atoms with Crippen LogP contribution in [-0.2, 0) is 0 Å². The molecule has 0 fully saturated rings. The van der Waals surface area contributed by atoms with Crippen molar-refractivity contribution in [3.63, 3.8) is 0 Å². The zero-order chi connectivity index (χ0) is 37.0. The van der Waals surface area contributed by atoms with Crippen molar-refractivity contribution in [3.05, 3.63) is 200 Å². The SMILES string of the molecule is c1ccc(-c2cccc(-c3cc4c(c5ccccc5n4-c4nc(-c5ccccc5)nc(-c5ccccc5)n4)c4c3c3ccccc3n4-c3ccccc3)c2)cc1. The Morgan fingerprint density at radius 1 is 0.321 bits per heavy atom. The number of rotatable bonds is 6. The molecule has 0 radical (unpaired) electrons. The molecule has 262 valence electrons. The maximum Gasteiger partial charge on any atom is 0.238 e. The van der Waals surface area contributed by atoms with Gasteiger partial charge in [-0.25, -0.2) is 4.98 Å². The maximum absolute atomic E-state index is 5.27. The van der Waals surface area contributed by atoms with E-state index in [4.69, 9.17) is 15.0 Å². The van der Waals surface area contributed by atoms with Crippen LogP contribution in [0.1, 0.15) is 0 Å². The fraction of sp³-hybridized carbons (Fsp3) is 0. The molecule has 0 saturated heterocycles. The molecule has 5 heteroatoms. The first kappa shape index (κ1) is 31.9. The van der Waals surface area contributed by atoms with E-state index in [1.807, 2.05) is 36.4 Å². The maximum atomic E-state index is 5.27. The average Bonchev–Trinajstić information content (AvgIpc) is 3.80. The second-order valence-corrected chi connectivity index (χ2v) is 14.0. The van der Waals surface area contributed by atoms with Crippen LogP contribution in [-0.4, -0.2) is 24.1 Å². The van der Waals surface area contributed by atoms with E-state index in [0.29, 0.717) is 17.6 Å². The third-order valence-electron chi connectivity index (χ3n) is 10.8. The van der Waals surface area contributed by atoms with Gasteiger partial charge in [0, 0.05) is 38.4 Å². The molecule has 0 aliphatic heterocycles. The zero-order valence-corrected chi connectivity index (χ0v) is 30.3. The molecule has 11 rings (SSSR count). The molecule has 0 atom stereocenters. The van der Waals surface area contributed by atoms with E-state index in [1.165, 1.54) is 21.9 Å². The molecule has 0 saturated carbocycles. The van der Waals surface area contributed by atoms with Gasteiger partial charge in [-0.05, 0) is 58.7 Å². The van der Waals surface area contributed by atoms with Crippen molar-refractivity contribution in [2.75, 3.05) is 0 Å². The van der Waals surface area contributed by atoms with Crippen molar-refractivity contribution in [1.82, 2.24) is 24.1 Å². The van der Waals surface area contributed by atoms with Crippen LogP contribution in [0.4, 0.5) is 0 Å². The highest BCUT2D eigenvalue weighted by Gasteiger charge is 2.25. The summed E-state index contributed by atoms with van der Waals surface area (Å²) in [5.41, 5.74) is 11.9. The quantitative estimate of drug-likeness (QED) is 0.172. The molecular formula is C51H33N5. The van der Waals surface area contributed by atoms with Crippen molar-refractivity contribution in [1.29, 1.82) is 0 Å². The molecule has 0 N–H and O–H groups in total. The first-order valence-corrected chi connectivity index (χ1v) is 18.9. The Morgan fingerprint density at radius 2 is 0.804 bits per heavy atom. The first-order chi connectivity index (χ1) is 27.8. The van der Waals surface area contributed by atoms with E-state index < -0.39 is 0 Å². The Bertz CT molecular complexity index is 3160. The Balaban J connectivity index is 1.32. The van der Waals surface area contributed by atoms with E-state index in [9.17, 15) is 0 Å². The molecule has 3 aromatic heterocycles. The molecule has 0 spiro atoms. The number of aromatic nitrogens is 5. The van der Waals surface area contributed by atoms with Gasteiger partial charge in [0.25, 0.3) is 0 Å². The van der Waals surface area contributed by atoms with Crippen LogP contribution >= 0.6 is 0 Å². The van der Waals surface area contributed by atoms with Crippen LogP contribution in [0, 0.1) is 0 Å². The van der Waals surface area contributed by atoms with Crippen molar-refractivity contribution in [2.45, 2.75) is 0 Å². The lowest BCUT2D eigenvalue weighted by Gasteiger charge is -2.14. The minimum Gasteiger partial charge on any atom is -0.309 e. The van der Waals surface area contributed by atoms with E-state index in [2.05, 4.69) is 173 Å². The fourth-order valence-electron chi connectivity index (χ4n) is 8.29. The second kappa shape index (κ2) is 13.0. The topological polar surface area (TPSA) is 48.5 Å². The Morgan fingerprint density at radius 3 is 1.43 bits per heavy atom. The van der Waals surface area contributed by atoms with E-state index in [1.54, 1.807) is 0 Å². The van der Waals surface area contributed by atoms with E-state index >= 15 is 0 Å². The summed E-state index contributed by atoms with van der Waals surface area (Å²) in [4.78, 5) is 15.6. The van der Waals surface area contributed by atoms with Gasteiger partial charge in [0.1, 0.15) is 0 Å². The molecule has 0 bridgehead atoms. The molecule has 56 heavy (non-hydrogen) atoms. The van der Waals surface area contributed by atoms with Crippen LogP contribution in [0.25, 0.3) is 100 Å². The van der Waals surface area contributed by atoms with Gasteiger partial charge in [0.2, 0.25) is 5.95 Å². The van der Waals surface area contributed by atoms with Gasteiger partial charge in [-0.15, -0.1) is 0 Å². The summed E-state index contributed by atoms with van der Waals surface area (Å²) in [5.74, 6) is 1.81. The van der Waals surface area contributed by atoms with Crippen molar-refractivity contribution >= 4 is 43.6 Å². The van der Waals surface area contributed by atoms with Crippen LogP contribution in [0.3, 0.4) is 0 Å². The Kier molecular flexibility index (Phi) is 7.42. The van der Waals surface area contributed by atoms with Crippen LogP contribution < -0.4 is 0 Å². The Hall–Kier alpha value is -7.63. The highest BCUT2D eigenvalue weighted by molar-refractivity contribution is 6.29. The van der Waals surface area contributed by atoms with Gasteiger partial charge < -0.3 is 4.57 Å². The lowest BCUT2D eigenvalue weighted by molar-refractivity contribution is 0.953. The smallest absolute Gasteiger partial charge is 0.238 e. The predicted octanol–water partition coefficient (Wildman–Crippen LogP) is 12.7. The molecule has 0 aliphatic carbocycles. The first-order valence-electron chi connectivity index (χ1n) is 18.9. The van der Waals surface area contributed by atoms with Gasteiger partial charge in [-0.1, -0.05) is 164 Å². The standard InChI is InChI=1S/C51H33N5/c1-5-18-34(19-6-1)37-24-17-25-38(32-37)42-33-45-47(48-46(42)40-28-13-15-30-43(40)55(48)39-26-11-4-12-27-39)41-29-14-16-31-44(41)56(45)51-53-49(35-20-7-2-8-21-35)52-50(54-51)36-22-9-3-10-23-36/h1-33H. The van der Waals surface area contributed by atoms with Crippen LogP contribution in [0.5, 0.6) is 0 Å². The normalized spacial score (nSPS) is 11.6. The van der Waals surface area contributed by atoms with Crippen molar-refractivity contribution in [3.8, 4) is 56.7 Å². The minimum atomic E-state index is 0.564. The fourth-order valence-corrected chi connectivity index (χ4v) is 8.29. The monoisotopic (exact) mass is 715 g/mol. The molecule has 5 nitrogen and oxygen atoms in total. The number of fused-ring (bicyclic) bond motifs is 7. The second-order valence-electron chi connectivity index (χ2n) is 14.0. The highest BCUT2D eigenvalue weighted by Crippen LogP contribution is 2.46. The number of hydrogen-bond acceptors (Lipinski definition) is 3. The molecule has 11 aromatic rings. The number of hydrogen-bond donors (Lipinski definition) is 0. The van der Waals surface area contributed by atoms with Crippen molar-refractivity contribution < 1.29 is 0 Å². The molecule has 0 aliphatic rings. The van der Waals surface area contributed by atoms with Gasteiger partial charge in [0.05, 0.1) is 22.1 Å². The third-order valence-corrected chi connectivity index (χ3v) is 10.8.